The average Bonchev–Trinajstić information content (AvgIpc) is 3.07. The van der Waals surface area contributed by atoms with Crippen LogP contribution in [0.3, 0.4) is 0 Å². The highest BCUT2D eigenvalue weighted by Gasteiger charge is 2.47. The van der Waals surface area contributed by atoms with Crippen molar-refractivity contribution in [3.05, 3.63) is 0 Å². The summed E-state index contributed by atoms with van der Waals surface area (Å²) in [6.07, 6.45) is -4.69. The van der Waals surface area contributed by atoms with Crippen LogP contribution in [-0.2, 0) is 57.1 Å². The first-order valence-corrected chi connectivity index (χ1v) is 8.71. The number of ether oxygens (including phenoxy) is 8. The number of hydrogen-bond acceptors (Lipinski definition) is 12. The predicted octanol–water partition coefficient (Wildman–Crippen LogP) is -2.26. The lowest BCUT2D eigenvalue weighted by Crippen LogP contribution is -2.37. The van der Waals surface area contributed by atoms with Gasteiger partial charge in [-0.15, -0.1) is 0 Å². The van der Waals surface area contributed by atoms with Crippen LogP contribution >= 0.6 is 0 Å². The van der Waals surface area contributed by atoms with Gasteiger partial charge in [-0.3, -0.25) is 0 Å². The normalized spacial score (nSPS) is 34.0. The quantitative estimate of drug-likeness (QED) is 0.318. The zero-order chi connectivity index (χ0) is 19.9. The second kappa shape index (κ2) is 10.0. The van der Waals surface area contributed by atoms with Crippen molar-refractivity contribution < 1.29 is 57.1 Å². The maximum atomic E-state index is 11.7. The van der Waals surface area contributed by atoms with E-state index in [0.29, 0.717) is 0 Å². The molecule has 3 aliphatic heterocycles. The highest BCUT2D eigenvalue weighted by atomic mass is 16.7. The van der Waals surface area contributed by atoms with Crippen LogP contribution in [0.2, 0.25) is 0 Å². The fourth-order valence-electron chi connectivity index (χ4n) is 2.69. The van der Waals surface area contributed by atoms with Gasteiger partial charge in [0.2, 0.25) is 0 Å². The number of rotatable bonds is 0. The van der Waals surface area contributed by atoms with Gasteiger partial charge in [-0.1, -0.05) is 0 Å². The van der Waals surface area contributed by atoms with E-state index in [1.165, 1.54) is 0 Å². The lowest BCUT2D eigenvalue weighted by molar-refractivity contribution is -0.157. The van der Waals surface area contributed by atoms with Gasteiger partial charge in [0.15, 0.2) is 24.4 Å². The van der Waals surface area contributed by atoms with Gasteiger partial charge in [0, 0.05) is 0 Å². The monoisotopic (exact) mass is 404 g/mol. The van der Waals surface area contributed by atoms with Crippen molar-refractivity contribution in [1.29, 1.82) is 0 Å². The van der Waals surface area contributed by atoms with Crippen molar-refractivity contribution >= 4 is 23.9 Å². The molecule has 0 aromatic rings. The molecule has 0 N–H and O–H groups in total. The molecule has 0 aromatic carbocycles. The van der Waals surface area contributed by atoms with Crippen molar-refractivity contribution in [3.63, 3.8) is 0 Å². The van der Waals surface area contributed by atoms with E-state index in [4.69, 9.17) is 28.4 Å². The predicted molar refractivity (Wildman–Crippen MR) is 82.8 cm³/mol. The van der Waals surface area contributed by atoms with E-state index in [-0.39, 0.29) is 52.9 Å². The van der Waals surface area contributed by atoms with Crippen LogP contribution in [0.15, 0.2) is 0 Å². The molecule has 12 nitrogen and oxygen atoms in total. The number of fused-ring (bicyclic) bond motifs is 2. The number of cyclic esters (lactones) is 4. The van der Waals surface area contributed by atoms with Crippen LogP contribution in [0.25, 0.3) is 0 Å². The fourth-order valence-corrected chi connectivity index (χ4v) is 2.69. The topological polar surface area (TPSA) is 142 Å². The van der Waals surface area contributed by atoms with Gasteiger partial charge in [-0.2, -0.15) is 0 Å². The third-order valence-electron chi connectivity index (χ3n) is 3.98. The van der Waals surface area contributed by atoms with E-state index in [0.717, 1.165) is 0 Å². The van der Waals surface area contributed by atoms with E-state index < -0.39 is 48.3 Å². The molecular formula is C16H20O12. The Balaban J connectivity index is 1.54. The molecule has 0 spiro atoms. The van der Waals surface area contributed by atoms with E-state index in [1.807, 2.05) is 0 Å². The van der Waals surface area contributed by atoms with Crippen molar-refractivity contribution in [2.75, 3.05) is 52.9 Å². The largest absolute Gasteiger partial charge is 0.389 e. The van der Waals surface area contributed by atoms with E-state index in [1.54, 1.807) is 0 Å². The molecule has 0 amide bonds. The van der Waals surface area contributed by atoms with E-state index in [9.17, 15) is 19.2 Å². The molecule has 3 saturated heterocycles. The molecule has 3 fully saturated rings. The van der Waals surface area contributed by atoms with Crippen LogP contribution in [0.5, 0.6) is 0 Å². The Bertz CT molecular complexity index is 504. The molecule has 12 heteroatoms. The number of carbonyl (C=O) groups is 4. The smallest absolute Gasteiger partial charge is 0.346 e. The zero-order valence-corrected chi connectivity index (χ0v) is 14.9. The van der Waals surface area contributed by atoms with E-state index in [2.05, 4.69) is 9.47 Å². The maximum absolute atomic E-state index is 11.7. The summed E-state index contributed by atoms with van der Waals surface area (Å²) in [6, 6.07) is 0. The molecule has 0 radical (unpaired) electrons. The molecule has 0 saturated carbocycles. The molecule has 0 aliphatic carbocycles. The minimum Gasteiger partial charge on any atom is -0.389 e. The lowest BCUT2D eigenvalue weighted by atomic mass is 10.2. The first kappa shape index (κ1) is 20.8. The third kappa shape index (κ3) is 5.10. The van der Waals surface area contributed by atoms with Gasteiger partial charge >= 0.3 is 23.9 Å². The Morgan fingerprint density at radius 2 is 0.679 bits per heavy atom. The molecule has 28 heavy (non-hydrogen) atoms. The van der Waals surface area contributed by atoms with Gasteiger partial charge in [-0.05, 0) is 0 Å². The molecule has 0 aromatic heterocycles. The minimum absolute atomic E-state index is 0.000894. The Morgan fingerprint density at radius 3 is 0.929 bits per heavy atom. The number of carbonyl (C=O) groups excluding carboxylic acids is 4. The van der Waals surface area contributed by atoms with Gasteiger partial charge < -0.3 is 37.9 Å². The number of esters is 4. The Labute approximate surface area is 159 Å². The van der Waals surface area contributed by atoms with Crippen molar-refractivity contribution in [2.45, 2.75) is 24.4 Å². The van der Waals surface area contributed by atoms with Crippen molar-refractivity contribution in [1.82, 2.24) is 0 Å². The Hall–Kier alpha value is -1.96. The molecule has 0 bridgehead atoms. The van der Waals surface area contributed by atoms with Gasteiger partial charge in [0.1, 0.15) is 0 Å². The summed E-state index contributed by atoms with van der Waals surface area (Å²) in [7, 11) is 0. The summed E-state index contributed by atoms with van der Waals surface area (Å²) < 4.78 is 40.9. The SMILES string of the molecule is O=C1OC(=O)[C@H]2OCCOCCO[C@@H]3C(=O)OC(=O)[C@H]3OCCOCCO[C@H]12. The van der Waals surface area contributed by atoms with Gasteiger partial charge in [-0.25, -0.2) is 19.2 Å². The summed E-state index contributed by atoms with van der Waals surface area (Å²) in [5.41, 5.74) is 0. The second-order valence-electron chi connectivity index (χ2n) is 5.87. The Morgan fingerprint density at radius 1 is 0.429 bits per heavy atom. The zero-order valence-electron chi connectivity index (χ0n) is 14.9. The second-order valence-corrected chi connectivity index (χ2v) is 5.87. The highest BCUT2D eigenvalue weighted by molar-refractivity contribution is 6.00. The number of hydrogen-bond donors (Lipinski definition) is 0. The fraction of sp³-hybridized carbons (Fsp3) is 0.750. The molecular weight excluding hydrogens is 384 g/mol. The van der Waals surface area contributed by atoms with Crippen LogP contribution < -0.4 is 0 Å². The highest BCUT2D eigenvalue weighted by Crippen LogP contribution is 2.18. The summed E-state index contributed by atoms with van der Waals surface area (Å²) >= 11 is 0. The summed E-state index contributed by atoms with van der Waals surface area (Å²) in [5, 5.41) is 0. The molecule has 156 valence electrons. The third-order valence-corrected chi connectivity index (χ3v) is 3.98. The Kier molecular flexibility index (Phi) is 7.42. The standard InChI is InChI=1S/C16H20O12/c17-13-9-10(14(18)27-13)25-7-3-22-4-8-26-12-11(15(19)28-16(12)20)24-6-2-21-1-5-23-9/h9-12H,1-8H2/t9-,10-,11-,12-/m0/s1. The van der Waals surface area contributed by atoms with Crippen LogP contribution in [0, 0.1) is 0 Å². The summed E-state index contributed by atoms with van der Waals surface area (Å²) in [4.78, 5) is 46.7. The molecule has 4 atom stereocenters. The first-order chi connectivity index (χ1) is 13.6. The molecule has 3 rings (SSSR count). The first-order valence-electron chi connectivity index (χ1n) is 8.71. The van der Waals surface area contributed by atoms with Crippen LogP contribution in [-0.4, -0.2) is 101 Å². The average molecular weight is 404 g/mol. The van der Waals surface area contributed by atoms with Gasteiger partial charge in [0.05, 0.1) is 52.9 Å². The van der Waals surface area contributed by atoms with Crippen molar-refractivity contribution in [3.8, 4) is 0 Å². The lowest BCUT2D eigenvalue weighted by Gasteiger charge is -2.17. The van der Waals surface area contributed by atoms with Gasteiger partial charge in [0.25, 0.3) is 0 Å². The molecule has 3 heterocycles. The maximum Gasteiger partial charge on any atom is 0.346 e. The molecule has 0 unspecified atom stereocenters. The van der Waals surface area contributed by atoms with E-state index >= 15 is 0 Å². The van der Waals surface area contributed by atoms with Crippen LogP contribution in [0.1, 0.15) is 0 Å². The summed E-state index contributed by atoms with van der Waals surface area (Å²) in [6.45, 7) is 0.350. The minimum atomic E-state index is -1.17. The van der Waals surface area contributed by atoms with Crippen LogP contribution in [0.4, 0.5) is 0 Å². The summed E-state index contributed by atoms with van der Waals surface area (Å²) in [5.74, 6) is -3.29. The van der Waals surface area contributed by atoms with Crippen molar-refractivity contribution in [2.24, 2.45) is 0 Å². The molecule has 3 aliphatic rings.